The van der Waals surface area contributed by atoms with Crippen molar-refractivity contribution in [1.29, 1.82) is 0 Å². The summed E-state index contributed by atoms with van der Waals surface area (Å²) in [5.41, 5.74) is 0. The maximum absolute atomic E-state index is 8.06. The van der Waals surface area contributed by atoms with Crippen molar-refractivity contribution in [2.45, 2.75) is 0 Å². The quantitative estimate of drug-likeness (QED) is 0.370. The Bertz CT molecular complexity index is 9.61. The van der Waals surface area contributed by atoms with Crippen LogP contribution < -0.4 is 0 Å². The van der Waals surface area contributed by atoms with E-state index in [0.29, 0.717) is 0 Å². The van der Waals surface area contributed by atoms with Crippen molar-refractivity contribution in [2.75, 3.05) is 0 Å². The molecule has 0 rings (SSSR count). The van der Waals surface area contributed by atoms with Crippen LogP contribution in [0.3, 0.4) is 0 Å². The Kier molecular flexibility index (Phi) is 246. The molecule has 5 heavy (non-hydrogen) atoms. The van der Waals surface area contributed by atoms with E-state index in [0.717, 1.165) is 0 Å². The predicted molar refractivity (Wildman–Crippen MR) is 18.6 cm³/mol. The van der Waals surface area contributed by atoms with Gasteiger partial charge in [-0.2, -0.15) is 0 Å². The molecule has 0 aromatic rings. The molecule has 0 aromatic carbocycles. The third-order valence-corrected chi connectivity index (χ3v) is 0. The van der Waals surface area contributed by atoms with Gasteiger partial charge in [0.05, 0.1) is 0 Å². The largest absolute Gasteiger partial charge is 3.00 e. The van der Waals surface area contributed by atoms with Gasteiger partial charge in [-0.25, -0.2) is 0 Å². The van der Waals surface area contributed by atoms with Crippen LogP contribution in [0.25, 0.3) is 0 Å². The Hall–Kier alpha value is 1.77. The smallest absolute Gasteiger partial charge is 2.00 e. The van der Waals surface area contributed by atoms with Gasteiger partial charge in [0.25, 0.3) is 0 Å². The van der Waals surface area contributed by atoms with Crippen LogP contribution in [-0.4, -0.2) is 65.2 Å². The van der Waals surface area contributed by atoms with E-state index >= 15 is 0 Å². The first-order valence-electron chi connectivity index (χ1n) is 0.204. The van der Waals surface area contributed by atoms with Gasteiger partial charge >= 0.3 is 69.7 Å². The van der Waals surface area contributed by atoms with Gasteiger partial charge in [0.2, 0.25) is 0 Å². The van der Waals surface area contributed by atoms with Crippen LogP contribution in [0.4, 0.5) is 0 Å². The van der Waals surface area contributed by atoms with E-state index in [2.05, 4.69) is 0 Å². The number of hydrogen-bond donors (Lipinski definition) is 0. The number of hydrogen-bond acceptors (Lipinski definition) is 1. The summed E-state index contributed by atoms with van der Waals surface area (Å²) in [5, 5.41) is 0. The maximum atomic E-state index is 8.06. The van der Waals surface area contributed by atoms with Crippen LogP contribution >= 0.6 is 0 Å². The van der Waals surface area contributed by atoms with Gasteiger partial charge < -0.3 is 5.48 Å². The zero-order chi connectivity index (χ0) is 2.00. The van der Waals surface area contributed by atoms with Crippen molar-refractivity contribution in [1.82, 2.24) is 0 Å². The van der Waals surface area contributed by atoms with Gasteiger partial charge in [0.15, 0.2) is 0 Å². The summed E-state index contributed by atoms with van der Waals surface area (Å²) in [6.45, 7) is 0. The zero-order valence-electron chi connectivity index (χ0n) is 2.60. The van der Waals surface area contributed by atoms with Gasteiger partial charge in [-0.05, 0) is 0 Å². The fraction of sp³-hybridized carbons (Fsp3) is 0. The van der Waals surface area contributed by atoms with Crippen molar-refractivity contribution >= 4 is 65.2 Å². The standard InChI is InChI=1S/Al.Ca.OSi.O/c;;1-2;/q+3;2*+2;-2. The average Bonchev–Trinajstić information content (AvgIpc) is 1.00. The molecule has 0 radical (unpaired) electrons. The Labute approximate surface area is 74.2 Å². The molecule has 0 aliphatic carbocycles. The van der Waals surface area contributed by atoms with Crippen LogP contribution in [-0.2, 0) is 9.94 Å². The molecule has 5 heteroatoms. The molecule has 0 fully saturated rings. The minimum atomic E-state index is 0. The first-order chi connectivity index (χ1) is 1.00. The molecule has 0 bridgehead atoms. The summed E-state index contributed by atoms with van der Waals surface area (Å²) in [7, 11) is 1.72. The topological polar surface area (TPSA) is 45.6 Å². The molecule has 0 N–H and O–H groups in total. The van der Waals surface area contributed by atoms with E-state index in [4.69, 9.17) is 4.46 Å². The van der Waals surface area contributed by atoms with Crippen molar-refractivity contribution in [3.63, 3.8) is 0 Å². The minimum Gasteiger partial charge on any atom is -2.00 e. The molecular formula is AlCaO2Si+5. The summed E-state index contributed by atoms with van der Waals surface area (Å²) in [4.78, 5) is 0. The molecule has 0 saturated carbocycles. The van der Waals surface area contributed by atoms with Crippen LogP contribution in [0.15, 0.2) is 0 Å². The first kappa shape index (κ1) is 29.4. The fourth-order valence-electron chi connectivity index (χ4n) is 0. The van der Waals surface area contributed by atoms with E-state index in [1.54, 1.807) is 10.1 Å². The third kappa shape index (κ3) is 26.2. The Morgan fingerprint density at radius 2 is 1.20 bits per heavy atom. The van der Waals surface area contributed by atoms with Gasteiger partial charge in [0, 0.05) is 0 Å². The molecule has 0 aliphatic rings. The van der Waals surface area contributed by atoms with Gasteiger partial charge in [-0.1, -0.05) is 0 Å². The second kappa shape index (κ2) is 41.9. The molecule has 0 aromatic heterocycles. The fourth-order valence-corrected chi connectivity index (χ4v) is 0. The number of rotatable bonds is 0. The molecule has 0 saturated heterocycles. The van der Waals surface area contributed by atoms with E-state index in [1.165, 1.54) is 0 Å². The Morgan fingerprint density at radius 3 is 1.20 bits per heavy atom. The molecule has 0 aliphatic heterocycles. The van der Waals surface area contributed by atoms with E-state index < -0.39 is 0 Å². The summed E-state index contributed by atoms with van der Waals surface area (Å²) in [6.07, 6.45) is 0. The second-order valence-corrected chi connectivity index (χ2v) is 0. The normalized spacial score (nSPS) is 1.20. The van der Waals surface area contributed by atoms with Crippen LogP contribution in [0.1, 0.15) is 0 Å². The predicted octanol–water partition coefficient (Wildman–Crippen LogP) is -1.38. The summed E-state index contributed by atoms with van der Waals surface area (Å²) in [5.74, 6) is 0. The monoisotopic (exact) mass is 127 g/mol. The summed E-state index contributed by atoms with van der Waals surface area (Å²) < 4.78 is 8.06. The van der Waals surface area contributed by atoms with Crippen molar-refractivity contribution < 1.29 is 9.94 Å². The first-order valence-corrected chi connectivity index (χ1v) is 0.612. The zero-order valence-corrected chi connectivity index (χ0v) is 6.96. The molecule has 0 amide bonds. The average molecular weight is 127 g/mol. The SMILES string of the molecule is O=[Si+2].[Al+3].[Ca+2].[O-2]. The third-order valence-electron chi connectivity index (χ3n) is 0. The molecule has 2 nitrogen and oxygen atoms in total. The molecule has 16 valence electrons. The molecule has 0 spiro atoms. The van der Waals surface area contributed by atoms with E-state index in [1.807, 2.05) is 0 Å². The van der Waals surface area contributed by atoms with E-state index in [9.17, 15) is 0 Å². The van der Waals surface area contributed by atoms with Crippen LogP contribution in [0, 0.1) is 0 Å². The molecule has 0 heterocycles. The summed E-state index contributed by atoms with van der Waals surface area (Å²) in [6, 6.07) is 0. The van der Waals surface area contributed by atoms with Crippen LogP contribution in [0.5, 0.6) is 0 Å². The van der Waals surface area contributed by atoms with Gasteiger partial charge in [-0.3, -0.25) is 0 Å². The van der Waals surface area contributed by atoms with Gasteiger partial charge in [0.1, 0.15) is 0 Å². The summed E-state index contributed by atoms with van der Waals surface area (Å²) >= 11 is 0. The van der Waals surface area contributed by atoms with Crippen LogP contribution in [0.2, 0.25) is 0 Å². The molecular weight excluding hydrogens is 127 g/mol. The van der Waals surface area contributed by atoms with Crippen molar-refractivity contribution in [2.24, 2.45) is 0 Å². The Morgan fingerprint density at radius 1 is 1.20 bits per heavy atom. The van der Waals surface area contributed by atoms with Gasteiger partial charge in [-0.15, -0.1) is 0 Å². The van der Waals surface area contributed by atoms with Crippen molar-refractivity contribution in [3.05, 3.63) is 0 Å². The molecule has 0 unspecified atom stereocenters. The maximum Gasteiger partial charge on any atom is 3.00 e. The second-order valence-electron chi connectivity index (χ2n) is 0. The van der Waals surface area contributed by atoms with E-state index in [-0.39, 0.29) is 60.6 Å². The molecule has 0 atom stereocenters. The minimum absolute atomic E-state index is 0. The van der Waals surface area contributed by atoms with Crippen molar-refractivity contribution in [3.8, 4) is 0 Å². The Balaban J connectivity index is -0.00000000167.